The van der Waals surface area contributed by atoms with Gasteiger partial charge in [0.15, 0.2) is 9.04 Å². The fraction of sp³-hybridized carbons (Fsp3) is 0.778. The van der Waals surface area contributed by atoms with E-state index in [9.17, 15) is 0 Å². The molecule has 5 heteroatoms. The van der Waals surface area contributed by atoms with E-state index in [2.05, 4.69) is 24.3 Å². The minimum absolute atomic E-state index is 0.633. The number of fused-ring (bicyclic) bond motifs is 4. The van der Waals surface area contributed by atoms with Gasteiger partial charge in [-0.05, 0) is 73.3 Å². The SMILES string of the molecule is [SiH3]O[SiH2]O[SiH](CCC1CC2C=CC1C2)CCC1CC2C=CC1C2. The normalized spacial score (nSPS) is 41.9. The van der Waals surface area contributed by atoms with Crippen LogP contribution in [0.25, 0.3) is 0 Å². The zero-order valence-electron chi connectivity index (χ0n) is 14.5. The lowest BCUT2D eigenvalue weighted by atomic mass is 9.91. The summed E-state index contributed by atoms with van der Waals surface area (Å²) in [4.78, 5) is 0. The topological polar surface area (TPSA) is 18.5 Å². The van der Waals surface area contributed by atoms with Gasteiger partial charge in [-0.2, -0.15) is 0 Å². The number of hydrogen-bond donors (Lipinski definition) is 0. The zero-order chi connectivity index (χ0) is 15.6. The summed E-state index contributed by atoms with van der Waals surface area (Å²) in [5.41, 5.74) is 0. The third-order valence-corrected chi connectivity index (χ3v) is 12.3. The quantitative estimate of drug-likeness (QED) is 0.461. The van der Waals surface area contributed by atoms with Crippen LogP contribution in [0, 0.1) is 35.5 Å². The Morgan fingerprint density at radius 2 is 1.43 bits per heavy atom. The molecular weight excluding hydrogens is 332 g/mol. The van der Waals surface area contributed by atoms with Gasteiger partial charge in [-0.1, -0.05) is 37.1 Å². The number of allylic oxidation sites excluding steroid dienone is 4. The van der Waals surface area contributed by atoms with Gasteiger partial charge in [0.25, 0.3) is 10.0 Å². The summed E-state index contributed by atoms with van der Waals surface area (Å²) in [6.45, 7) is 0. The maximum atomic E-state index is 6.33. The van der Waals surface area contributed by atoms with Crippen molar-refractivity contribution in [3.8, 4) is 0 Å². The first kappa shape index (κ1) is 16.5. The predicted octanol–water partition coefficient (Wildman–Crippen LogP) is 2.23. The van der Waals surface area contributed by atoms with E-state index in [1.807, 2.05) is 0 Å². The standard InChI is InChI=1S/C18H32O2Si3/c21-19-22-20-23(7-5-17-11-13-1-3-15(17)9-13)8-6-18-12-14-2-4-16(18)10-14/h1-4,13-18,23H,5-12,22H2,21H3. The highest BCUT2D eigenvalue weighted by Gasteiger charge is 2.37. The van der Waals surface area contributed by atoms with E-state index in [4.69, 9.17) is 8.23 Å². The Kier molecular flexibility index (Phi) is 5.40. The van der Waals surface area contributed by atoms with Crippen LogP contribution in [0.15, 0.2) is 24.3 Å². The van der Waals surface area contributed by atoms with Gasteiger partial charge in [0.2, 0.25) is 0 Å². The van der Waals surface area contributed by atoms with E-state index in [1.165, 1.54) is 50.6 Å². The minimum Gasteiger partial charge on any atom is -0.449 e. The molecule has 2 nitrogen and oxygen atoms in total. The lowest BCUT2D eigenvalue weighted by Crippen LogP contribution is -2.24. The molecule has 4 aliphatic carbocycles. The maximum Gasteiger partial charge on any atom is 0.283 e. The van der Waals surface area contributed by atoms with Crippen LogP contribution in [0.4, 0.5) is 0 Å². The monoisotopic (exact) mass is 364 g/mol. The van der Waals surface area contributed by atoms with Crippen LogP contribution in [0.1, 0.15) is 38.5 Å². The van der Waals surface area contributed by atoms with Crippen LogP contribution in [-0.4, -0.2) is 29.5 Å². The van der Waals surface area contributed by atoms with Crippen LogP contribution in [-0.2, 0) is 8.23 Å². The van der Waals surface area contributed by atoms with Crippen LogP contribution in [0.2, 0.25) is 12.1 Å². The van der Waals surface area contributed by atoms with E-state index < -0.39 is 19.0 Å². The lowest BCUT2D eigenvalue weighted by Gasteiger charge is -2.24. The second kappa shape index (κ2) is 7.52. The Hall–Kier alpha value is 0.0506. The molecule has 2 saturated carbocycles. The molecule has 4 bridgehead atoms. The summed E-state index contributed by atoms with van der Waals surface area (Å²) in [7, 11) is -0.769. The van der Waals surface area contributed by atoms with Crippen molar-refractivity contribution in [2.75, 3.05) is 0 Å². The Bertz CT molecular complexity index is 429. The van der Waals surface area contributed by atoms with Crippen molar-refractivity contribution in [3.63, 3.8) is 0 Å². The summed E-state index contributed by atoms with van der Waals surface area (Å²) in [6, 6.07) is 2.83. The molecule has 0 saturated heterocycles. The van der Waals surface area contributed by atoms with Gasteiger partial charge >= 0.3 is 0 Å². The third kappa shape index (κ3) is 3.84. The number of rotatable bonds is 9. The molecule has 0 aromatic rings. The summed E-state index contributed by atoms with van der Waals surface area (Å²) < 4.78 is 11.8. The predicted molar refractivity (Wildman–Crippen MR) is 104 cm³/mol. The van der Waals surface area contributed by atoms with E-state index in [0.717, 1.165) is 46.0 Å². The van der Waals surface area contributed by atoms with Crippen molar-refractivity contribution in [2.45, 2.75) is 50.6 Å². The largest absolute Gasteiger partial charge is 0.449 e. The summed E-state index contributed by atoms with van der Waals surface area (Å²) >= 11 is 0. The first-order chi connectivity index (χ1) is 11.3. The van der Waals surface area contributed by atoms with E-state index in [1.54, 1.807) is 0 Å². The van der Waals surface area contributed by atoms with Crippen molar-refractivity contribution < 1.29 is 8.23 Å². The van der Waals surface area contributed by atoms with Crippen molar-refractivity contribution in [1.82, 2.24) is 0 Å². The average molecular weight is 365 g/mol. The van der Waals surface area contributed by atoms with Crippen LogP contribution < -0.4 is 0 Å². The van der Waals surface area contributed by atoms with Gasteiger partial charge in [0, 0.05) is 0 Å². The highest BCUT2D eigenvalue weighted by atomic mass is 28.4. The van der Waals surface area contributed by atoms with Crippen molar-refractivity contribution >= 4 is 29.5 Å². The first-order valence-electron chi connectivity index (χ1n) is 9.79. The van der Waals surface area contributed by atoms with Gasteiger partial charge in [-0.3, -0.25) is 0 Å². The molecule has 0 heterocycles. The maximum absolute atomic E-state index is 6.33. The Labute approximate surface area is 148 Å². The second-order valence-electron chi connectivity index (χ2n) is 8.43. The number of hydrogen-bond acceptors (Lipinski definition) is 2. The molecule has 2 fully saturated rings. The first-order valence-corrected chi connectivity index (χ1v) is 13.9. The molecule has 0 aromatic carbocycles. The van der Waals surface area contributed by atoms with Crippen molar-refractivity contribution in [3.05, 3.63) is 24.3 Å². The fourth-order valence-corrected chi connectivity index (χ4v) is 11.5. The summed E-state index contributed by atoms with van der Waals surface area (Å²) in [5, 5.41) is 0. The van der Waals surface area contributed by atoms with E-state index in [-0.39, 0.29) is 0 Å². The van der Waals surface area contributed by atoms with Crippen LogP contribution in [0.5, 0.6) is 0 Å². The van der Waals surface area contributed by atoms with E-state index >= 15 is 0 Å². The molecule has 0 amide bonds. The van der Waals surface area contributed by atoms with Gasteiger partial charge in [-0.25, -0.2) is 0 Å². The van der Waals surface area contributed by atoms with Gasteiger partial charge in [0.1, 0.15) is 10.5 Å². The van der Waals surface area contributed by atoms with Gasteiger partial charge in [-0.15, -0.1) is 0 Å². The molecule has 0 N–H and O–H groups in total. The highest BCUT2D eigenvalue weighted by molar-refractivity contribution is 6.57. The van der Waals surface area contributed by atoms with Crippen molar-refractivity contribution in [1.29, 1.82) is 0 Å². The summed E-state index contributed by atoms with van der Waals surface area (Å²) in [5.74, 6) is 5.63. The Balaban J connectivity index is 1.23. The average Bonchev–Trinajstić information content (AvgIpc) is 3.34. The van der Waals surface area contributed by atoms with Gasteiger partial charge in [0.05, 0.1) is 0 Å². The molecule has 4 rings (SSSR count). The van der Waals surface area contributed by atoms with Gasteiger partial charge < -0.3 is 8.23 Å². The molecule has 4 aliphatic rings. The molecule has 0 radical (unpaired) electrons. The zero-order valence-corrected chi connectivity index (χ0v) is 19.1. The molecule has 0 aromatic heterocycles. The minimum atomic E-state index is -1.00. The smallest absolute Gasteiger partial charge is 0.283 e. The molecule has 23 heavy (non-hydrogen) atoms. The second-order valence-corrected chi connectivity index (χ2v) is 14.7. The lowest BCUT2D eigenvalue weighted by molar-refractivity contribution is 0.407. The fourth-order valence-electron chi connectivity index (χ4n) is 5.73. The van der Waals surface area contributed by atoms with Crippen molar-refractivity contribution in [2.24, 2.45) is 35.5 Å². The van der Waals surface area contributed by atoms with Crippen LogP contribution >= 0.6 is 0 Å². The van der Waals surface area contributed by atoms with Crippen LogP contribution in [0.3, 0.4) is 0 Å². The molecule has 6 unspecified atom stereocenters. The molecular formula is C18H32O2Si3. The molecule has 128 valence electrons. The molecule has 0 spiro atoms. The third-order valence-electron chi connectivity index (χ3n) is 6.97. The Morgan fingerprint density at radius 3 is 1.83 bits per heavy atom. The highest BCUT2D eigenvalue weighted by Crippen LogP contribution is 2.47. The molecule has 6 atom stereocenters. The summed E-state index contributed by atoms with van der Waals surface area (Å²) in [6.07, 6.45) is 18.7. The molecule has 0 aliphatic heterocycles. The Morgan fingerprint density at radius 1 is 0.870 bits per heavy atom. The van der Waals surface area contributed by atoms with E-state index in [0.29, 0.717) is 0 Å².